The Morgan fingerprint density at radius 2 is 2.21 bits per heavy atom. The molecule has 1 aliphatic rings. The summed E-state index contributed by atoms with van der Waals surface area (Å²) in [7, 11) is 0. The molecule has 106 valence electrons. The fourth-order valence-electron chi connectivity index (χ4n) is 2.56. The summed E-state index contributed by atoms with van der Waals surface area (Å²) in [5.41, 5.74) is 1.26. The monoisotopic (exact) mass is 263 g/mol. The Bertz CT molecular complexity index is 389. The van der Waals surface area contributed by atoms with Gasteiger partial charge in [0, 0.05) is 30.9 Å². The second-order valence-electron chi connectivity index (χ2n) is 5.31. The van der Waals surface area contributed by atoms with Crippen LogP contribution < -0.4 is 10.2 Å². The molecule has 0 bridgehead atoms. The van der Waals surface area contributed by atoms with Crippen molar-refractivity contribution in [3.05, 3.63) is 23.9 Å². The van der Waals surface area contributed by atoms with E-state index in [-0.39, 0.29) is 6.10 Å². The third kappa shape index (κ3) is 3.67. The first kappa shape index (κ1) is 14.3. The molecule has 4 nitrogen and oxygen atoms in total. The number of pyridine rings is 1. The summed E-state index contributed by atoms with van der Waals surface area (Å²) in [6.45, 7) is 7.18. The Morgan fingerprint density at radius 1 is 1.47 bits per heavy atom. The lowest BCUT2D eigenvalue weighted by Gasteiger charge is -2.32. The first-order valence-electron chi connectivity index (χ1n) is 7.33. The van der Waals surface area contributed by atoms with Gasteiger partial charge in [0.05, 0.1) is 6.10 Å². The highest BCUT2D eigenvalue weighted by atomic mass is 16.3. The van der Waals surface area contributed by atoms with Gasteiger partial charge in [0.1, 0.15) is 5.82 Å². The van der Waals surface area contributed by atoms with E-state index in [0.717, 1.165) is 44.7 Å². The molecular formula is C15H25N3O. The van der Waals surface area contributed by atoms with Crippen molar-refractivity contribution in [2.24, 2.45) is 0 Å². The molecule has 2 heterocycles. The molecule has 0 radical (unpaired) electrons. The predicted octanol–water partition coefficient (Wildman–Crippen LogP) is 2.10. The van der Waals surface area contributed by atoms with Gasteiger partial charge >= 0.3 is 0 Å². The van der Waals surface area contributed by atoms with Gasteiger partial charge in [0.2, 0.25) is 0 Å². The first-order valence-corrected chi connectivity index (χ1v) is 7.33. The minimum absolute atomic E-state index is 0.140. The van der Waals surface area contributed by atoms with E-state index in [2.05, 4.69) is 35.1 Å². The van der Waals surface area contributed by atoms with Crippen molar-refractivity contribution >= 4 is 5.82 Å². The van der Waals surface area contributed by atoms with Crippen molar-refractivity contribution in [1.82, 2.24) is 10.3 Å². The second kappa shape index (κ2) is 6.87. The highest BCUT2D eigenvalue weighted by Crippen LogP contribution is 2.26. The number of hydrogen-bond donors (Lipinski definition) is 2. The topological polar surface area (TPSA) is 48.4 Å². The Hall–Kier alpha value is -1.13. The molecule has 0 aliphatic carbocycles. The molecule has 0 aromatic carbocycles. The number of piperidine rings is 1. The summed E-state index contributed by atoms with van der Waals surface area (Å²) < 4.78 is 0. The third-order valence-corrected chi connectivity index (χ3v) is 3.75. The molecule has 1 aliphatic heterocycles. The number of hydrogen-bond acceptors (Lipinski definition) is 4. The van der Waals surface area contributed by atoms with Crippen molar-refractivity contribution in [2.45, 2.75) is 45.3 Å². The van der Waals surface area contributed by atoms with Gasteiger partial charge in [-0.2, -0.15) is 0 Å². The van der Waals surface area contributed by atoms with Gasteiger partial charge in [-0.05, 0) is 38.8 Å². The van der Waals surface area contributed by atoms with Crippen molar-refractivity contribution < 1.29 is 5.11 Å². The normalized spacial score (nSPS) is 18.6. The van der Waals surface area contributed by atoms with Crippen LogP contribution in [-0.2, 0) is 0 Å². The zero-order chi connectivity index (χ0) is 13.7. The van der Waals surface area contributed by atoms with Crippen LogP contribution in [0.15, 0.2) is 18.3 Å². The molecule has 2 N–H and O–H groups in total. The molecule has 1 aromatic rings. The quantitative estimate of drug-likeness (QED) is 0.854. The number of aliphatic hydroxyl groups is 1. The SMILES string of the molecule is CCCNC(C)c1cccnc1N1CCC(O)CC1. The highest BCUT2D eigenvalue weighted by Gasteiger charge is 2.21. The Morgan fingerprint density at radius 3 is 2.89 bits per heavy atom. The molecular weight excluding hydrogens is 238 g/mol. The van der Waals surface area contributed by atoms with Gasteiger partial charge in [-0.1, -0.05) is 13.0 Å². The number of aliphatic hydroxyl groups excluding tert-OH is 1. The lowest BCUT2D eigenvalue weighted by molar-refractivity contribution is 0.145. The van der Waals surface area contributed by atoms with Crippen LogP contribution in [-0.4, -0.2) is 35.8 Å². The molecule has 1 unspecified atom stereocenters. The van der Waals surface area contributed by atoms with Crippen LogP contribution in [0.25, 0.3) is 0 Å². The lowest BCUT2D eigenvalue weighted by atomic mass is 10.0. The second-order valence-corrected chi connectivity index (χ2v) is 5.31. The van der Waals surface area contributed by atoms with Crippen LogP contribution in [0.3, 0.4) is 0 Å². The van der Waals surface area contributed by atoms with Crippen LogP contribution >= 0.6 is 0 Å². The van der Waals surface area contributed by atoms with E-state index in [1.54, 1.807) is 0 Å². The third-order valence-electron chi connectivity index (χ3n) is 3.75. The van der Waals surface area contributed by atoms with E-state index in [9.17, 15) is 5.11 Å². The van der Waals surface area contributed by atoms with Crippen molar-refractivity contribution in [3.63, 3.8) is 0 Å². The van der Waals surface area contributed by atoms with E-state index >= 15 is 0 Å². The largest absolute Gasteiger partial charge is 0.393 e. The van der Waals surface area contributed by atoms with Crippen molar-refractivity contribution in [3.8, 4) is 0 Å². The van der Waals surface area contributed by atoms with Crippen LogP contribution in [0, 0.1) is 0 Å². The van der Waals surface area contributed by atoms with Crippen LogP contribution in [0.2, 0.25) is 0 Å². The van der Waals surface area contributed by atoms with Crippen LogP contribution in [0.5, 0.6) is 0 Å². The Labute approximate surface area is 115 Å². The summed E-state index contributed by atoms with van der Waals surface area (Å²) in [5, 5.41) is 13.1. The number of rotatable bonds is 5. The van der Waals surface area contributed by atoms with Gasteiger partial charge < -0.3 is 15.3 Å². The summed E-state index contributed by atoms with van der Waals surface area (Å²) in [4.78, 5) is 6.86. The molecule has 1 saturated heterocycles. The predicted molar refractivity (Wildman–Crippen MR) is 78.4 cm³/mol. The molecule has 1 fully saturated rings. The van der Waals surface area contributed by atoms with Crippen molar-refractivity contribution in [2.75, 3.05) is 24.5 Å². The molecule has 0 amide bonds. The lowest BCUT2D eigenvalue weighted by Crippen LogP contribution is -2.37. The van der Waals surface area contributed by atoms with Crippen LogP contribution in [0.4, 0.5) is 5.82 Å². The van der Waals surface area contributed by atoms with Gasteiger partial charge in [0.15, 0.2) is 0 Å². The molecule has 4 heteroatoms. The number of nitrogens with one attached hydrogen (secondary N) is 1. The maximum absolute atomic E-state index is 9.61. The highest BCUT2D eigenvalue weighted by molar-refractivity contribution is 5.48. The van der Waals surface area contributed by atoms with Crippen molar-refractivity contribution in [1.29, 1.82) is 0 Å². The smallest absolute Gasteiger partial charge is 0.133 e. The number of nitrogens with zero attached hydrogens (tertiary/aromatic N) is 2. The minimum Gasteiger partial charge on any atom is -0.393 e. The van der Waals surface area contributed by atoms with Crippen LogP contribution in [0.1, 0.15) is 44.7 Å². The molecule has 1 aromatic heterocycles. The summed E-state index contributed by atoms with van der Waals surface area (Å²) in [6, 6.07) is 4.47. The Kier molecular flexibility index (Phi) is 5.16. The number of aromatic nitrogens is 1. The van der Waals surface area contributed by atoms with E-state index in [1.165, 1.54) is 5.56 Å². The van der Waals surface area contributed by atoms with Gasteiger partial charge in [-0.25, -0.2) is 4.98 Å². The standard InChI is InChI=1S/C15H25N3O/c1-3-8-16-12(2)14-5-4-9-17-15(14)18-10-6-13(19)7-11-18/h4-5,9,12-13,16,19H,3,6-8,10-11H2,1-2H3. The molecule has 1 atom stereocenters. The average Bonchev–Trinajstić information content (AvgIpc) is 2.45. The first-order chi connectivity index (χ1) is 9.22. The van der Waals surface area contributed by atoms with Gasteiger partial charge in [-0.15, -0.1) is 0 Å². The molecule has 0 spiro atoms. The van der Waals surface area contributed by atoms with Gasteiger partial charge in [0.25, 0.3) is 0 Å². The van der Waals surface area contributed by atoms with Gasteiger partial charge in [-0.3, -0.25) is 0 Å². The molecule has 19 heavy (non-hydrogen) atoms. The minimum atomic E-state index is -0.140. The average molecular weight is 263 g/mol. The zero-order valence-corrected chi connectivity index (χ0v) is 12.0. The van der Waals surface area contributed by atoms with E-state index in [1.807, 2.05) is 12.3 Å². The summed E-state index contributed by atoms with van der Waals surface area (Å²) >= 11 is 0. The maximum Gasteiger partial charge on any atom is 0.133 e. The number of anilines is 1. The fraction of sp³-hybridized carbons (Fsp3) is 0.667. The molecule has 0 saturated carbocycles. The zero-order valence-electron chi connectivity index (χ0n) is 12.0. The van der Waals surface area contributed by atoms with E-state index in [4.69, 9.17) is 0 Å². The Balaban J connectivity index is 2.11. The maximum atomic E-state index is 9.61. The van der Waals surface area contributed by atoms with E-state index < -0.39 is 0 Å². The molecule has 2 rings (SSSR count). The van der Waals surface area contributed by atoms with E-state index in [0.29, 0.717) is 6.04 Å². The summed E-state index contributed by atoms with van der Waals surface area (Å²) in [6.07, 6.45) is 4.53. The fourth-order valence-corrected chi connectivity index (χ4v) is 2.56. The summed E-state index contributed by atoms with van der Waals surface area (Å²) in [5.74, 6) is 1.07.